The van der Waals surface area contributed by atoms with Crippen LogP contribution < -0.4 is 5.32 Å². The van der Waals surface area contributed by atoms with Gasteiger partial charge >= 0.3 is 6.03 Å². The summed E-state index contributed by atoms with van der Waals surface area (Å²) < 4.78 is 0. The standard InChI is InChI=1S/C23H20N4O3/c1-13-21(16-7-3-5-9-18(16)25-13)20(28)12-27-22(29)19(26-23(27)30)10-14-11-24-17-8-4-2-6-15(14)17/h2-9,11,19,24-25H,10,12H2,1H3,(H,26,30)/t19-/m1/s1. The number of fused-ring (bicyclic) bond motifs is 2. The molecule has 5 rings (SSSR count). The van der Waals surface area contributed by atoms with Crippen molar-refractivity contribution in [1.82, 2.24) is 20.2 Å². The number of H-pyrrole nitrogens is 2. The minimum Gasteiger partial charge on any atom is -0.361 e. The summed E-state index contributed by atoms with van der Waals surface area (Å²) >= 11 is 0. The maximum Gasteiger partial charge on any atom is 0.325 e. The number of aryl methyl sites for hydroxylation is 1. The van der Waals surface area contributed by atoms with E-state index in [0.717, 1.165) is 38.0 Å². The largest absolute Gasteiger partial charge is 0.361 e. The lowest BCUT2D eigenvalue weighted by Crippen LogP contribution is -2.36. The average molecular weight is 400 g/mol. The molecule has 1 fully saturated rings. The van der Waals surface area contributed by atoms with Crippen LogP contribution in [0.15, 0.2) is 54.7 Å². The number of nitrogens with one attached hydrogen (secondary N) is 3. The van der Waals surface area contributed by atoms with Crippen molar-refractivity contribution in [3.63, 3.8) is 0 Å². The molecule has 30 heavy (non-hydrogen) atoms. The molecule has 0 bridgehead atoms. The third-order valence-electron chi connectivity index (χ3n) is 5.68. The van der Waals surface area contributed by atoms with Crippen LogP contribution in [0.1, 0.15) is 21.6 Å². The lowest BCUT2D eigenvalue weighted by molar-refractivity contribution is -0.127. The van der Waals surface area contributed by atoms with Crippen molar-refractivity contribution in [2.75, 3.05) is 6.54 Å². The van der Waals surface area contributed by atoms with E-state index in [2.05, 4.69) is 15.3 Å². The van der Waals surface area contributed by atoms with Gasteiger partial charge in [-0.2, -0.15) is 0 Å². The van der Waals surface area contributed by atoms with E-state index in [1.807, 2.05) is 61.7 Å². The van der Waals surface area contributed by atoms with Crippen molar-refractivity contribution in [3.8, 4) is 0 Å². The third-order valence-corrected chi connectivity index (χ3v) is 5.68. The first-order chi connectivity index (χ1) is 14.5. The summed E-state index contributed by atoms with van der Waals surface area (Å²) in [7, 11) is 0. The van der Waals surface area contributed by atoms with Gasteiger partial charge in [0.1, 0.15) is 6.04 Å². The van der Waals surface area contributed by atoms with E-state index in [9.17, 15) is 14.4 Å². The van der Waals surface area contributed by atoms with Gasteiger partial charge in [-0.05, 0) is 24.6 Å². The minimum absolute atomic E-state index is 0.263. The Hall–Kier alpha value is -3.87. The number of rotatable bonds is 5. The highest BCUT2D eigenvalue weighted by Crippen LogP contribution is 2.24. The lowest BCUT2D eigenvalue weighted by Gasteiger charge is -2.12. The fraction of sp³-hybridized carbons (Fsp3) is 0.174. The first-order valence-electron chi connectivity index (χ1n) is 9.80. The Labute approximate surface area is 172 Å². The number of hydrogen-bond acceptors (Lipinski definition) is 3. The molecule has 4 aromatic rings. The van der Waals surface area contributed by atoms with E-state index in [4.69, 9.17) is 0 Å². The summed E-state index contributed by atoms with van der Waals surface area (Å²) in [6.45, 7) is 1.54. The normalized spacial score (nSPS) is 16.6. The van der Waals surface area contributed by atoms with Crippen molar-refractivity contribution in [2.45, 2.75) is 19.4 Å². The quantitative estimate of drug-likeness (QED) is 0.354. The highest BCUT2D eigenvalue weighted by molar-refractivity contribution is 6.14. The summed E-state index contributed by atoms with van der Waals surface area (Å²) in [5.41, 5.74) is 4.03. The molecule has 3 amide bonds. The van der Waals surface area contributed by atoms with E-state index < -0.39 is 12.1 Å². The van der Waals surface area contributed by atoms with Crippen LogP contribution in [0, 0.1) is 6.92 Å². The Balaban J connectivity index is 1.37. The maximum absolute atomic E-state index is 13.0. The van der Waals surface area contributed by atoms with Crippen molar-refractivity contribution in [2.24, 2.45) is 0 Å². The zero-order valence-electron chi connectivity index (χ0n) is 16.4. The predicted molar refractivity (Wildman–Crippen MR) is 113 cm³/mol. The number of amides is 3. The highest BCUT2D eigenvalue weighted by atomic mass is 16.2. The number of nitrogens with zero attached hydrogens (tertiary/aromatic N) is 1. The molecule has 0 spiro atoms. The Bertz CT molecular complexity index is 1320. The summed E-state index contributed by atoms with van der Waals surface area (Å²) in [5, 5.41) is 4.53. The number of Topliss-reactive ketones (excluding diaryl/α,β-unsaturated/α-hetero) is 1. The molecule has 1 atom stereocenters. The van der Waals surface area contributed by atoms with E-state index in [-0.39, 0.29) is 18.2 Å². The zero-order valence-corrected chi connectivity index (χ0v) is 16.4. The van der Waals surface area contributed by atoms with Crippen LogP contribution >= 0.6 is 0 Å². The molecule has 0 aliphatic carbocycles. The number of para-hydroxylation sites is 2. The van der Waals surface area contributed by atoms with Crippen LogP contribution in [0.2, 0.25) is 0 Å². The Morgan fingerprint density at radius 3 is 2.50 bits per heavy atom. The molecule has 0 radical (unpaired) electrons. The molecule has 1 aliphatic heterocycles. The summed E-state index contributed by atoms with van der Waals surface area (Å²) in [6, 6.07) is 14.1. The molecule has 0 saturated carbocycles. The second kappa shape index (κ2) is 6.88. The van der Waals surface area contributed by atoms with Crippen molar-refractivity contribution < 1.29 is 14.4 Å². The van der Waals surface area contributed by atoms with Gasteiger partial charge in [0.2, 0.25) is 0 Å². The number of benzene rings is 2. The molecule has 2 aromatic carbocycles. The minimum atomic E-state index is -0.687. The number of aromatic nitrogens is 2. The summed E-state index contributed by atoms with van der Waals surface area (Å²) in [4.78, 5) is 45.7. The lowest BCUT2D eigenvalue weighted by atomic mass is 10.0. The molecular formula is C23H20N4O3. The van der Waals surface area contributed by atoms with Crippen LogP contribution in [0.5, 0.6) is 0 Å². The molecular weight excluding hydrogens is 380 g/mol. The molecule has 7 nitrogen and oxygen atoms in total. The third kappa shape index (κ3) is 2.86. The zero-order chi connectivity index (χ0) is 20.8. The number of hydrogen-bond donors (Lipinski definition) is 3. The second-order valence-corrected chi connectivity index (χ2v) is 7.58. The van der Waals surface area contributed by atoms with Crippen molar-refractivity contribution >= 4 is 39.5 Å². The van der Waals surface area contributed by atoms with Crippen molar-refractivity contribution in [1.29, 1.82) is 0 Å². The number of carbonyl (C=O) groups is 3. The fourth-order valence-electron chi connectivity index (χ4n) is 4.24. The molecule has 7 heteroatoms. The first-order valence-corrected chi connectivity index (χ1v) is 9.80. The van der Waals surface area contributed by atoms with Crippen LogP contribution in [0.4, 0.5) is 4.79 Å². The number of urea groups is 1. The van der Waals surface area contributed by atoms with E-state index >= 15 is 0 Å². The monoisotopic (exact) mass is 400 g/mol. The van der Waals surface area contributed by atoms with Gasteiger partial charge in [-0.25, -0.2) is 4.79 Å². The van der Waals surface area contributed by atoms with Crippen molar-refractivity contribution in [3.05, 3.63) is 71.5 Å². The summed E-state index contributed by atoms with van der Waals surface area (Å²) in [6.07, 6.45) is 2.22. The second-order valence-electron chi connectivity index (χ2n) is 7.58. The van der Waals surface area contributed by atoms with E-state index in [0.29, 0.717) is 12.0 Å². The maximum atomic E-state index is 13.0. The van der Waals surface area contributed by atoms with Gasteiger partial charge in [-0.3, -0.25) is 14.5 Å². The van der Waals surface area contributed by atoms with Crippen LogP contribution in [-0.4, -0.2) is 45.2 Å². The molecule has 1 aliphatic rings. The first kappa shape index (κ1) is 18.2. The van der Waals surface area contributed by atoms with E-state index in [1.54, 1.807) is 0 Å². The topological polar surface area (TPSA) is 98.1 Å². The number of carbonyl (C=O) groups excluding carboxylic acids is 3. The molecule has 3 N–H and O–H groups in total. The van der Waals surface area contributed by atoms with Gasteiger partial charge in [0.25, 0.3) is 5.91 Å². The molecule has 150 valence electrons. The number of imide groups is 1. The SMILES string of the molecule is Cc1[nH]c2ccccc2c1C(=O)CN1C(=O)N[C@H](Cc2c[nH]c3ccccc23)C1=O. The Morgan fingerprint density at radius 1 is 1.00 bits per heavy atom. The summed E-state index contributed by atoms with van der Waals surface area (Å²) in [5.74, 6) is -0.641. The van der Waals surface area contributed by atoms with Gasteiger partial charge in [-0.15, -0.1) is 0 Å². The fourth-order valence-corrected chi connectivity index (χ4v) is 4.24. The molecule has 0 unspecified atom stereocenters. The molecule has 2 aromatic heterocycles. The van der Waals surface area contributed by atoms with E-state index in [1.165, 1.54) is 0 Å². The van der Waals surface area contributed by atoms with Crippen LogP contribution in [0.3, 0.4) is 0 Å². The van der Waals surface area contributed by atoms with Crippen LogP contribution in [0.25, 0.3) is 21.8 Å². The smallest absolute Gasteiger partial charge is 0.325 e. The number of aromatic amines is 2. The highest BCUT2D eigenvalue weighted by Gasteiger charge is 2.39. The van der Waals surface area contributed by atoms with Gasteiger partial charge in [-0.1, -0.05) is 36.4 Å². The number of ketones is 1. The van der Waals surface area contributed by atoms with Gasteiger partial charge in [0.05, 0.1) is 6.54 Å². The molecule has 3 heterocycles. The van der Waals surface area contributed by atoms with Gasteiger partial charge < -0.3 is 15.3 Å². The molecule has 1 saturated heterocycles. The average Bonchev–Trinajstić information content (AvgIpc) is 3.38. The predicted octanol–water partition coefficient (Wildman–Crippen LogP) is 3.30. The Kier molecular flexibility index (Phi) is 4.17. The van der Waals surface area contributed by atoms with Crippen LogP contribution in [-0.2, 0) is 11.2 Å². The van der Waals surface area contributed by atoms with Gasteiger partial charge in [0, 0.05) is 45.7 Å². The van der Waals surface area contributed by atoms with Gasteiger partial charge in [0.15, 0.2) is 5.78 Å². The Morgan fingerprint density at radius 2 is 1.70 bits per heavy atom.